The summed E-state index contributed by atoms with van der Waals surface area (Å²) < 4.78 is 19.4. The Balaban J connectivity index is 1.83. The lowest BCUT2D eigenvalue weighted by molar-refractivity contribution is -0.0602. The Hall–Kier alpha value is -1.66. The van der Waals surface area contributed by atoms with E-state index in [2.05, 4.69) is 4.90 Å². The summed E-state index contributed by atoms with van der Waals surface area (Å²) in [6, 6.07) is 4.75. The number of hydrogen-bond acceptors (Lipinski definition) is 4. The van der Waals surface area contributed by atoms with Crippen LogP contribution in [0.4, 0.5) is 4.39 Å². The molecule has 2 atom stereocenters. The van der Waals surface area contributed by atoms with Crippen LogP contribution in [-0.2, 0) is 0 Å². The van der Waals surface area contributed by atoms with Crippen LogP contribution in [0.25, 0.3) is 0 Å². The first-order chi connectivity index (χ1) is 11.5. The second-order valence-corrected chi connectivity index (χ2v) is 6.94. The highest BCUT2D eigenvalue weighted by Gasteiger charge is 2.47. The van der Waals surface area contributed by atoms with E-state index in [4.69, 9.17) is 4.74 Å². The lowest BCUT2D eigenvalue weighted by Crippen LogP contribution is -2.62. The van der Waals surface area contributed by atoms with Gasteiger partial charge in [0.2, 0.25) is 0 Å². The van der Waals surface area contributed by atoms with Crippen molar-refractivity contribution in [1.82, 2.24) is 9.80 Å². The molecule has 0 spiro atoms. The van der Waals surface area contributed by atoms with E-state index in [1.165, 1.54) is 19.2 Å². The third kappa shape index (κ3) is 2.78. The fourth-order valence-corrected chi connectivity index (χ4v) is 4.20. The predicted molar refractivity (Wildman–Crippen MR) is 88.6 cm³/mol. The van der Waals surface area contributed by atoms with Gasteiger partial charge in [0.15, 0.2) is 11.6 Å². The first-order valence-electron chi connectivity index (χ1n) is 8.45. The Morgan fingerprint density at radius 1 is 1.42 bits per heavy atom. The van der Waals surface area contributed by atoms with Crippen LogP contribution in [0.5, 0.6) is 5.75 Å². The van der Waals surface area contributed by atoms with Crippen LogP contribution in [0.15, 0.2) is 18.2 Å². The molecule has 2 aliphatic rings. The van der Waals surface area contributed by atoms with E-state index in [1.54, 1.807) is 11.0 Å². The molecule has 24 heavy (non-hydrogen) atoms. The average molecular weight is 336 g/mol. The van der Waals surface area contributed by atoms with Gasteiger partial charge in [0.25, 0.3) is 5.91 Å². The van der Waals surface area contributed by atoms with Crippen molar-refractivity contribution in [3.8, 4) is 5.75 Å². The zero-order valence-corrected chi connectivity index (χ0v) is 14.3. The number of amides is 1. The van der Waals surface area contributed by atoms with Gasteiger partial charge in [-0.3, -0.25) is 4.79 Å². The maximum absolute atomic E-state index is 14.4. The molecule has 1 aromatic carbocycles. The second-order valence-electron chi connectivity index (χ2n) is 6.94. The Bertz CT molecular complexity index is 624. The molecule has 1 amide bonds. The number of carbonyl (C=O) groups excluding carboxylic acids is 1. The minimum absolute atomic E-state index is 0.0457. The van der Waals surface area contributed by atoms with Gasteiger partial charge in [-0.05, 0) is 45.0 Å². The second kappa shape index (κ2) is 6.69. The first-order valence-corrected chi connectivity index (χ1v) is 8.45. The molecule has 2 heterocycles. The number of fused-ring (bicyclic) bond motifs is 1. The number of halogens is 1. The molecule has 5 nitrogen and oxygen atoms in total. The Kier molecular flexibility index (Phi) is 4.78. The number of methoxy groups -OCH3 is 1. The average Bonchev–Trinajstić information content (AvgIpc) is 2.61. The first kappa shape index (κ1) is 17.2. The lowest BCUT2D eigenvalue weighted by Gasteiger charge is -2.53. The largest absolute Gasteiger partial charge is 0.494 e. The van der Waals surface area contributed by atoms with E-state index < -0.39 is 5.82 Å². The minimum Gasteiger partial charge on any atom is -0.494 e. The number of hydrogen-bond donors (Lipinski definition) is 1. The number of aliphatic hydroxyl groups excluding tert-OH is 1. The Labute approximate surface area is 142 Å². The van der Waals surface area contributed by atoms with Crippen molar-refractivity contribution in [2.45, 2.75) is 25.3 Å². The number of aliphatic hydroxyl groups is 1. The van der Waals surface area contributed by atoms with Gasteiger partial charge in [0, 0.05) is 24.5 Å². The predicted octanol–water partition coefficient (Wildman–Crippen LogP) is 1.75. The highest BCUT2D eigenvalue weighted by atomic mass is 19.1. The summed E-state index contributed by atoms with van der Waals surface area (Å²) >= 11 is 0. The molecule has 6 heteroatoms. The SMILES string of the molecule is COc1cccc(C(=O)N2CC[C@@]3(CO)CCCN(C)[C@@H]3C2)c1F. The van der Waals surface area contributed by atoms with E-state index in [0.29, 0.717) is 13.1 Å². The van der Waals surface area contributed by atoms with E-state index in [-0.39, 0.29) is 35.3 Å². The van der Waals surface area contributed by atoms with Gasteiger partial charge < -0.3 is 19.6 Å². The molecule has 2 aliphatic heterocycles. The van der Waals surface area contributed by atoms with Crippen LogP contribution < -0.4 is 4.74 Å². The molecule has 1 aromatic rings. The van der Waals surface area contributed by atoms with Crippen molar-refractivity contribution in [2.75, 3.05) is 40.4 Å². The van der Waals surface area contributed by atoms with Crippen molar-refractivity contribution in [3.63, 3.8) is 0 Å². The van der Waals surface area contributed by atoms with E-state index in [9.17, 15) is 14.3 Å². The summed E-state index contributed by atoms with van der Waals surface area (Å²) in [7, 11) is 3.43. The van der Waals surface area contributed by atoms with Gasteiger partial charge in [0.1, 0.15) is 0 Å². The highest BCUT2D eigenvalue weighted by Crippen LogP contribution is 2.41. The fraction of sp³-hybridized carbons (Fsp3) is 0.611. The molecule has 0 bridgehead atoms. The number of likely N-dealkylation sites (tertiary alicyclic amines) is 2. The number of ether oxygens (including phenoxy) is 1. The van der Waals surface area contributed by atoms with Crippen LogP contribution in [0, 0.1) is 11.2 Å². The van der Waals surface area contributed by atoms with Crippen molar-refractivity contribution in [2.24, 2.45) is 5.41 Å². The van der Waals surface area contributed by atoms with Crippen LogP contribution >= 0.6 is 0 Å². The maximum atomic E-state index is 14.4. The molecule has 0 saturated carbocycles. The summed E-state index contributed by atoms with van der Waals surface area (Å²) in [5.41, 5.74) is -0.0965. The molecular weight excluding hydrogens is 311 g/mol. The van der Waals surface area contributed by atoms with Crippen molar-refractivity contribution < 1.29 is 19.0 Å². The molecule has 0 aromatic heterocycles. The molecule has 2 fully saturated rings. The number of piperidine rings is 2. The van der Waals surface area contributed by atoms with E-state index in [1.807, 2.05) is 7.05 Å². The molecule has 0 unspecified atom stereocenters. The lowest BCUT2D eigenvalue weighted by atomic mass is 9.69. The fourth-order valence-electron chi connectivity index (χ4n) is 4.20. The van der Waals surface area contributed by atoms with Crippen molar-refractivity contribution >= 4 is 5.91 Å². The van der Waals surface area contributed by atoms with Gasteiger partial charge in [0.05, 0.1) is 19.3 Å². The normalized spacial score (nSPS) is 27.7. The van der Waals surface area contributed by atoms with Crippen LogP contribution in [0.3, 0.4) is 0 Å². The maximum Gasteiger partial charge on any atom is 0.257 e. The third-order valence-electron chi connectivity index (χ3n) is 5.71. The monoisotopic (exact) mass is 336 g/mol. The molecule has 3 rings (SSSR count). The van der Waals surface area contributed by atoms with Gasteiger partial charge in [-0.15, -0.1) is 0 Å². The minimum atomic E-state index is -0.610. The summed E-state index contributed by atoms with van der Waals surface area (Å²) in [5.74, 6) is -0.838. The smallest absolute Gasteiger partial charge is 0.257 e. The molecule has 0 aliphatic carbocycles. The Morgan fingerprint density at radius 2 is 2.21 bits per heavy atom. The standard InChI is InChI=1S/C18H25FN2O3/c1-20-9-4-7-18(12-22)8-10-21(11-15(18)20)17(23)13-5-3-6-14(24-2)16(13)19/h3,5-6,15,22H,4,7-12H2,1-2H3/t15-,18-/m1/s1. The van der Waals surface area contributed by atoms with Gasteiger partial charge in [-0.25, -0.2) is 4.39 Å². The van der Waals surface area contributed by atoms with Gasteiger partial charge in [-0.2, -0.15) is 0 Å². The molecular formula is C18H25FN2O3. The summed E-state index contributed by atoms with van der Waals surface area (Å²) in [6.45, 7) is 2.16. The topological polar surface area (TPSA) is 53.0 Å². The number of rotatable bonds is 3. The summed E-state index contributed by atoms with van der Waals surface area (Å²) in [5, 5.41) is 9.94. The summed E-state index contributed by atoms with van der Waals surface area (Å²) in [4.78, 5) is 16.7. The Morgan fingerprint density at radius 3 is 2.92 bits per heavy atom. The molecule has 0 radical (unpaired) electrons. The third-order valence-corrected chi connectivity index (χ3v) is 5.71. The zero-order chi connectivity index (χ0) is 17.3. The van der Waals surface area contributed by atoms with E-state index in [0.717, 1.165) is 25.8 Å². The van der Waals surface area contributed by atoms with E-state index >= 15 is 0 Å². The summed E-state index contributed by atoms with van der Waals surface area (Å²) in [6.07, 6.45) is 2.79. The van der Waals surface area contributed by atoms with Crippen molar-refractivity contribution in [1.29, 1.82) is 0 Å². The number of likely N-dealkylation sites (N-methyl/N-ethyl adjacent to an activating group) is 1. The highest BCUT2D eigenvalue weighted by molar-refractivity contribution is 5.95. The molecule has 132 valence electrons. The van der Waals surface area contributed by atoms with Crippen LogP contribution in [0.1, 0.15) is 29.6 Å². The van der Waals surface area contributed by atoms with Gasteiger partial charge >= 0.3 is 0 Å². The number of benzene rings is 1. The number of nitrogens with zero attached hydrogens (tertiary/aromatic N) is 2. The van der Waals surface area contributed by atoms with Crippen LogP contribution in [0.2, 0.25) is 0 Å². The number of carbonyl (C=O) groups is 1. The zero-order valence-electron chi connectivity index (χ0n) is 14.3. The van der Waals surface area contributed by atoms with Crippen LogP contribution in [-0.4, -0.2) is 67.3 Å². The quantitative estimate of drug-likeness (QED) is 0.914. The molecule has 1 N–H and O–H groups in total. The molecule has 2 saturated heterocycles. The van der Waals surface area contributed by atoms with Gasteiger partial charge in [-0.1, -0.05) is 6.07 Å². The van der Waals surface area contributed by atoms with Crippen molar-refractivity contribution in [3.05, 3.63) is 29.6 Å².